The summed E-state index contributed by atoms with van der Waals surface area (Å²) < 4.78 is 28.0. The predicted molar refractivity (Wildman–Crippen MR) is 90.8 cm³/mol. The summed E-state index contributed by atoms with van der Waals surface area (Å²) in [5.74, 6) is 0.381. The summed E-state index contributed by atoms with van der Waals surface area (Å²) in [6, 6.07) is 5.36. The Hall–Kier alpha value is -0.430. The van der Waals surface area contributed by atoms with Crippen molar-refractivity contribution in [2.75, 3.05) is 13.1 Å². The Morgan fingerprint density at radius 3 is 2.38 bits per heavy atom. The minimum atomic E-state index is -3.46. The zero-order valence-corrected chi connectivity index (χ0v) is 15.4. The maximum atomic E-state index is 12.4. The number of sulfonamides is 1. The van der Waals surface area contributed by atoms with Gasteiger partial charge in [-0.3, -0.25) is 0 Å². The predicted octanol–water partition coefficient (Wildman–Crippen LogP) is 3.27. The number of nitrogens with one attached hydrogen (secondary N) is 2. The fourth-order valence-corrected chi connectivity index (χ4v) is 4.26. The van der Waals surface area contributed by atoms with Crippen LogP contribution in [0, 0.1) is 5.92 Å². The topological polar surface area (TPSA) is 58.2 Å². The highest BCUT2D eigenvalue weighted by Gasteiger charge is 2.18. The summed E-state index contributed by atoms with van der Waals surface area (Å²) in [6.45, 7) is 8.30. The standard InChI is InChI=1S/C15H25BrN2O2S/c1-4-12(5-2)11-18-21(19,20)15-8-7-13(9-14(15)16)10-17-6-3/h7-9,12,17-18H,4-6,10-11H2,1-3H3. The SMILES string of the molecule is CCNCc1ccc(S(=O)(=O)NCC(CC)CC)c(Br)c1. The van der Waals surface area contributed by atoms with Crippen LogP contribution in [0.15, 0.2) is 27.6 Å². The molecule has 4 nitrogen and oxygen atoms in total. The first-order valence-corrected chi connectivity index (χ1v) is 9.71. The highest BCUT2D eigenvalue weighted by molar-refractivity contribution is 9.10. The molecule has 120 valence electrons. The van der Waals surface area contributed by atoms with E-state index in [4.69, 9.17) is 0 Å². The van der Waals surface area contributed by atoms with Gasteiger partial charge in [0.2, 0.25) is 10.0 Å². The van der Waals surface area contributed by atoms with E-state index in [1.807, 2.05) is 19.1 Å². The Labute approximate surface area is 136 Å². The molecule has 1 rings (SSSR count). The minimum Gasteiger partial charge on any atom is -0.313 e. The van der Waals surface area contributed by atoms with Crippen LogP contribution in [0.25, 0.3) is 0 Å². The molecular weight excluding hydrogens is 352 g/mol. The molecule has 0 saturated carbocycles. The van der Waals surface area contributed by atoms with Gasteiger partial charge in [0.1, 0.15) is 0 Å². The summed E-state index contributed by atoms with van der Waals surface area (Å²) >= 11 is 3.37. The number of halogens is 1. The molecule has 1 aromatic rings. The Bertz CT molecular complexity index is 543. The van der Waals surface area contributed by atoms with Gasteiger partial charge in [-0.2, -0.15) is 0 Å². The molecule has 0 aliphatic heterocycles. The third kappa shape index (κ3) is 5.70. The molecule has 0 unspecified atom stereocenters. The van der Waals surface area contributed by atoms with Gasteiger partial charge in [0, 0.05) is 17.6 Å². The van der Waals surface area contributed by atoms with Crippen molar-refractivity contribution < 1.29 is 8.42 Å². The van der Waals surface area contributed by atoms with E-state index in [1.165, 1.54) is 0 Å². The monoisotopic (exact) mass is 376 g/mol. The largest absolute Gasteiger partial charge is 0.313 e. The molecular formula is C15H25BrN2O2S. The van der Waals surface area contributed by atoms with Gasteiger partial charge in [0.15, 0.2) is 0 Å². The number of benzene rings is 1. The van der Waals surface area contributed by atoms with Gasteiger partial charge < -0.3 is 5.32 Å². The van der Waals surface area contributed by atoms with Crippen LogP contribution in [-0.4, -0.2) is 21.5 Å². The third-order valence-corrected chi connectivity index (χ3v) is 5.98. The lowest BCUT2D eigenvalue weighted by atomic mass is 10.0. The van der Waals surface area contributed by atoms with Gasteiger partial charge in [0.25, 0.3) is 0 Å². The van der Waals surface area contributed by atoms with Gasteiger partial charge in [-0.25, -0.2) is 13.1 Å². The number of rotatable bonds is 9. The van der Waals surface area contributed by atoms with Crippen molar-refractivity contribution in [3.63, 3.8) is 0 Å². The average molecular weight is 377 g/mol. The number of hydrogen-bond acceptors (Lipinski definition) is 3. The average Bonchev–Trinajstić information content (AvgIpc) is 2.46. The van der Waals surface area contributed by atoms with E-state index in [1.54, 1.807) is 6.07 Å². The van der Waals surface area contributed by atoms with Crippen molar-refractivity contribution in [1.82, 2.24) is 10.0 Å². The van der Waals surface area contributed by atoms with Crippen LogP contribution in [-0.2, 0) is 16.6 Å². The van der Waals surface area contributed by atoms with E-state index in [0.29, 0.717) is 21.8 Å². The molecule has 21 heavy (non-hydrogen) atoms. The summed E-state index contributed by atoms with van der Waals surface area (Å²) in [5, 5.41) is 3.22. The molecule has 0 aliphatic rings. The second-order valence-corrected chi connectivity index (χ2v) is 7.67. The van der Waals surface area contributed by atoms with Crippen LogP contribution in [0.2, 0.25) is 0 Å². The van der Waals surface area contributed by atoms with Crippen molar-refractivity contribution >= 4 is 26.0 Å². The lowest BCUT2D eigenvalue weighted by molar-refractivity contribution is 0.479. The maximum absolute atomic E-state index is 12.4. The van der Waals surface area contributed by atoms with E-state index in [9.17, 15) is 8.42 Å². The summed E-state index contributed by atoms with van der Waals surface area (Å²) in [6.07, 6.45) is 1.95. The van der Waals surface area contributed by atoms with Gasteiger partial charge in [-0.1, -0.05) is 39.7 Å². The molecule has 0 atom stereocenters. The van der Waals surface area contributed by atoms with Crippen molar-refractivity contribution in [3.8, 4) is 0 Å². The van der Waals surface area contributed by atoms with Crippen molar-refractivity contribution in [3.05, 3.63) is 28.2 Å². The molecule has 2 N–H and O–H groups in total. The van der Waals surface area contributed by atoms with Gasteiger partial charge in [-0.15, -0.1) is 0 Å². The highest BCUT2D eigenvalue weighted by Crippen LogP contribution is 2.23. The first-order chi connectivity index (χ1) is 9.94. The molecule has 0 aromatic heterocycles. The lowest BCUT2D eigenvalue weighted by Crippen LogP contribution is -2.29. The molecule has 0 fully saturated rings. The molecule has 0 aliphatic carbocycles. The van der Waals surface area contributed by atoms with Crippen LogP contribution >= 0.6 is 15.9 Å². The summed E-state index contributed by atoms with van der Waals surface area (Å²) in [4.78, 5) is 0.300. The van der Waals surface area contributed by atoms with Gasteiger partial charge in [-0.05, 0) is 46.1 Å². The van der Waals surface area contributed by atoms with E-state index in [2.05, 4.69) is 39.8 Å². The molecule has 6 heteroatoms. The van der Waals surface area contributed by atoms with Crippen LogP contribution in [0.3, 0.4) is 0 Å². The van der Waals surface area contributed by atoms with Gasteiger partial charge in [0.05, 0.1) is 4.90 Å². The lowest BCUT2D eigenvalue weighted by Gasteiger charge is -2.15. The maximum Gasteiger partial charge on any atom is 0.241 e. The van der Waals surface area contributed by atoms with E-state index in [-0.39, 0.29) is 0 Å². The van der Waals surface area contributed by atoms with E-state index < -0.39 is 10.0 Å². The molecule has 1 aromatic carbocycles. The highest BCUT2D eigenvalue weighted by atomic mass is 79.9. The van der Waals surface area contributed by atoms with Gasteiger partial charge >= 0.3 is 0 Å². The second kappa shape index (κ2) is 8.88. The third-order valence-electron chi connectivity index (χ3n) is 3.58. The molecule has 0 spiro atoms. The molecule has 0 heterocycles. The van der Waals surface area contributed by atoms with Crippen molar-refractivity contribution in [1.29, 1.82) is 0 Å². The first-order valence-electron chi connectivity index (χ1n) is 7.43. The normalized spacial score (nSPS) is 12.0. The van der Waals surface area contributed by atoms with Crippen LogP contribution in [0.5, 0.6) is 0 Å². The van der Waals surface area contributed by atoms with E-state index in [0.717, 1.165) is 31.5 Å². The van der Waals surface area contributed by atoms with E-state index >= 15 is 0 Å². The molecule has 0 bridgehead atoms. The van der Waals surface area contributed by atoms with Crippen molar-refractivity contribution in [2.45, 2.75) is 45.1 Å². The van der Waals surface area contributed by atoms with Crippen LogP contribution < -0.4 is 10.0 Å². The Balaban J connectivity index is 2.83. The summed E-state index contributed by atoms with van der Waals surface area (Å²) in [5.41, 5.74) is 1.06. The fourth-order valence-electron chi connectivity index (χ4n) is 2.02. The summed E-state index contributed by atoms with van der Waals surface area (Å²) in [7, 11) is -3.46. The zero-order valence-electron chi connectivity index (χ0n) is 12.9. The fraction of sp³-hybridized carbons (Fsp3) is 0.600. The number of hydrogen-bond donors (Lipinski definition) is 2. The smallest absolute Gasteiger partial charge is 0.241 e. The zero-order chi connectivity index (χ0) is 15.9. The van der Waals surface area contributed by atoms with Crippen LogP contribution in [0.4, 0.5) is 0 Å². The van der Waals surface area contributed by atoms with Crippen molar-refractivity contribution in [2.24, 2.45) is 5.92 Å². The Morgan fingerprint density at radius 2 is 1.86 bits per heavy atom. The van der Waals surface area contributed by atoms with Crippen LogP contribution in [0.1, 0.15) is 39.2 Å². The Morgan fingerprint density at radius 1 is 1.19 bits per heavy atom. The molecule has 0 amide bonds. The second-order valence-electron chi connectivity index (χ2n) is 5.08. The first kappa shape index (κ1) is 18.6. The molecule has 0 radical (unpaired) electrons. The molecule has 0 saturated heterocycles. The quantitative estimate of drug-likeness (QED) is 0.695. The minimum absolute atomic E-state index is 0.300. The Kier molecular flexibility index (Phi) is 7.87.